The first kappa shape index (κ1) is 10.6. The molecule has 0 bridgehead atoms. The Balaban J connectivity index is 2.30. The first-order chi connectivity index (χ1) is 6.24. The van der Waals surface area contributed by atoms with E-state index in [0.29, 0.717) is 10.9 Å². The Hall–Kier alpha value is -0.480. The van der Waals surface area contributed by atoms with Crippen LogP contribution in [0.3, 0.4) is 0 Å². The minimum Gasteiger partial charge on any atom is -0.349 e. The van der Waals surface area contributed by atoms with E-state index in [1.165, 1.54) is 11.8 Å². The topological polar surface area (TPSA) is 41.1 Å². The van der Waals surface area contributed by atoms with E-state index in [2.05, 4.69) is 17.2 Å². The van der Waals surface area contributed by atoms with Crippen LogP contribution in [0.2, 0.25) is 0 Å². The molecule has 1 rings (SSSR count). The Morgan fingerprint density at radius 2 is 2.15 bits per heavy atom. The second-order valence-electron chi connectivity index (χ2n) is 3.13. The minimum absolute atomic E-state index is 0.0144. The molecule has 1 amide bonds. The van der Waals surface area contributed by atoms with Gasteiger partial charge < -0.3 is 10.6 Å². The summed E-state index contributed by atoms with van der Waals surface area (Å²) >= 11 is 1.40. The van der Waals surface area contributed by atoms with Crippen LogP contribution in [0.1, 0.15) is 12.8 Å². The number of amides is 1. The molecule has 1 heterocycles. The third kappa shape index (κ3) is 3.40. The molecule has 0 saturated carbocycles. The highest BCUT2D eigenvalue weighted by molar-refractivity contribution is 8.03. The van der Waals surface area contributed by atoms with Crippen molar-refractivity contribution >= 4 is 17.7 Å². The fourth-order valence-electron chi connectivity index (χ4n) is 1.32. The largest absolute Gasteiger partial charge is 0.349 e. The summed E-state index contributed by atoms with van der Waals surface area (Å²) in [4.78, 5) is 12.0. The normalized spacial score (nSPS) is 18.2. The SMILES string of the molecule is C=C(SC)C(=O)NC1CCNCC1. The van der Waals surface area contributed by atoms with Gasteiger partial charge in [-0.25, -0.2) is 0 Å². The summed E-state index contributed by atoms with van der Waals surface area (Å²) in [5.74, 6) is -0.0144. The lowest BCUT2D eigenvalue weighted by molar-refractivity contribution is -0.117. The van der Waals surface area contributed by atoms with Crippen LogP contribution < -0.4 is 10.6 Å². The molecular weight excluding hydrogens is 184 g/mol. The lowest BCUT2D eigenvalue weighted by Crippen LogP contribution is -2.42. The fraction of sp³-hybridized carbons (Fsp3) is 0.667. The van der Waals surface area contributed by atoms with Gasteiger partial charge in [0.1, 0.15) is 0 Å². The van der Waals surface area contributed by atoms with E-state index in [1.54, 1.807) is 0 Å². The molecule has 4 heteroatoms. The van der Waals surface area contributed by atoms with Gasteiger partial charge in [0.05, 0.1) is 4.91 Å². The van der Waals surface area contributed by atoms with E-state index >= 15 is 0 Å². The summed E-state index contributed by atoms with van der Waals surface area (Å²) in [6.07, 6.45) is 3.91. The maximum absolute atomic E-state index is 11.4. The van der Waals surface area contributed by atoms with Crippen molar-refractivity contribution in [2.24, 2.45) is 0 Å². The van der Waals surface area contributed by atoms with Crippen molar-refractivity contribution in [1.29, 1.82) is 0 Å². The second-order valence-corrected chi connectivity index (χ2v) is 4.03. The molecule has 0 radical (unpaired) electrons. The van der Waals surface area contributed by atoms with Crippen molar-refractivity contribution in [3.63, 3.8) is 0 Å². The van der Waals surface area contributed by atoms with Crippen molar-refractivity contribution in [2.45, 2.75) is 18.9 Å². The molecule has 0 aromatic carbocycles. The van der Waals surface area contributed by atoms with Crippen LogP contribution in [0.25, 0.3) is 0 Å². The van der Waals surface area contributed by atoms with Gasteiger partial charge in [-0.05, 0) is 32.2 Å². The minimum atomic E-state index is -0.0144. The van der Waals surface area contributed by atoms with E-state index in [4.69, 9.17) is 0 Å². The average molecular weight is 200 g/mol. The van der Waals surface area contributed by atoms with E-state index in [1.807, 2.05) is 6.26 Å². The average Bonchev–Trinajstić information content (AvgIpc) is 2.18. The molecule has 1 aliphatic heterocycles. The number of hydrogen-bond donors (Lipinski definition) is 2. The van der Waals surface area contributed by atoms with Crippen LogP contribution in [-0.2, 0) is 4.79 Å². The zero-order chi connectivity index (χ0) is 9.68. The standard InChI is InChI=1S/C9H16N2OS/c1-7(13-2)9(12)11-8-3-5-10-6-4-8/h8,10H,1,3-6H2,2H3,(H,11,12). The van der Waals surface area contributed by atoms with Gasteiger partial charge in [0.2, 0.25) is 0 Å². The number of nitrogens with one attached hydrogen (secondary N) is 2. The maximum atomic E-state index is 11.4. The van der Waals surface area contributed by atoms with E-state index < -0.39 is 0 Å². The van der Waals surface area contributed by atoms with Crippen LogP contribution in [0.5, 0.6) is 0 Å². The first-order valence-electron chi connectivity index (χ1n) is 4.48. The van der Waals surface area contributed by atoms with E-state index in [-0.39, 0.29) is 5.91 Å². The molecular formula is C9H16N2OS. The van der Waals surface area contributed by atoms with Crippen molar-refractivity contribution in [1.82, 2.24) is 10.6 Å². The van der Waals surface area contributed by atoms with Gasteiger partial charge in [-0.3, -0.25) is 4.79 Å². The van der Waals surface area contributed by atoms with Gasteiger partial charge in [0, 0.05) is 6.04 Å². The maximum Gasteiger partial charge on any atom is 0.257 e. The van der Waals surface area contributed by atoms with Crippen molar-refractivity contribution in [3.05, 3.63) is 11.5 Å². The van der Waals surface area contributed by atoms with Crippen molar-refractivity contribution in [2.75, 3.05) is 19.3 Å². The molecule has 1 fully saturated rings. The number of piperidine rings is 1. The lowest BCUT2D eigenvalue weighted by atomic mass is 10.1. The molecule has 13 heavy (non-hydrogen) atoms. The van der Waals surface area contributed by atoms with E-state index in [0.717, 1.165) is 25.9 Å². The van der Waals surface area contributed by atoms with E-state index in [9.17, 15) is 4.79 Å². The molecule has 0 spiro atoms. The van der Waals surface area contributed by atoms with Gasteiger partial charge >= 0.3 is 0 Å². The summed E-state index contributed by atoms with van der Waals surface area (Å²) in [5.41, 5.74) is 0. The summed E-state index contributed by atoms with van der Waals surface area (Å²) < 4.78 is 0. The Morgan fingerprint density at radius 3 is 2.69 bits per heavy atom. The van der Waals surface area contributed by atoms with Gasteiger partial charge in [0.15, 0.2) is 0 Å². The Bertz CT molecular complexity index is 200. The number of carbonyl (C=O) groups is 1. The fourth-order valence-corrected chi connectivity index (χ4v) is 1.57. The van der Waals surface area contributed by atoms with Crippen molar-refractivity contribution < 1.29 is 4.79 Å². The van der Waals surface area contributed by atoms with Gasteiger partial charge in [0.25, 0.3) is 5.91 Å². The molecule has 0 aromatic rings. The molecule has 3 nitrogen and oxygen atoms in total. The van der Waals surface area contributed by atoms with Crippen LogP contribution in [0.15, 0.2) is 11.5 Å². The summed E-state index contributed by atoms with van der Waals surface area (Å²) in [6.45, 7) is 5.67. The first-order valence-corrected chi connectivity index (χ1v) is 5.71. The Kier molecular flexibility index (Phi) is 4.32. The number of rotatable bonds is 3. The Labute approximate surface area is 83.3 Å². The Morgan fingerprint density at radius 1 is 1.54 bits per heavy atom. The molecule has 2 N–H and O–H groups in total. The summed E-state index contributed by atoms with van der Waals surface area (Å²) in [6, 6.07) is 0.331. The quantitative estimate of drug-likeness (QED) is 0.660. The van der Waals surface area contributed by atoms with Crippen LogP contribution >= 0.6 is 11.8 Å². The van der Waals surface area contributed by atoms with Gasteiger partial charge in [-0.2, -0.15) is 0 Å². The number of carbonyl (C=O) groups excluding carboxylic acids is 1. The summed E-state index contributed by atoms with van der Waals surface area (Å²) in [7, 11) is 0. The third-order valence-corrected chi connectivity index (χ3v) is 2.85. The van der Waals surface area contributed by atoms with Crippen LogP contribution in [0, 0.1) is 0 Å². The van der Waals surface area contributed by atoms with Crippen molar-refractivity contribution in [3.8, 4) is 0 Å². The molecule has 0 unspecified atom stereocenters. The molecule has 74 valence electrons. The molecule has 0 aliphatic carbocycles. The monoisotopic (exact) mass is 200 g/mol. The smallest absolute Gasteiger partial charge is 0.257 e. The highest BCUT2D eigenvalue weighted by Gasteiger charge is 2.16. The highest BCUT2D eigenvalue weighted by Crippen LogP contribution is 2.10. The van der Waals surface area contributed by atoms with Gasteiger partial charge in [-0.1, -0.05) is 6.58 Å². The highest BCUT2D eigenvalue weighted by atomic mass is 32.2. The van der Waals surface area contributed by atoms with Gasteiger partial charge in [-0.15, -0.1) is 11.8 Å². The molecule has 1 aliphatic rings. The van der Waals surface area contributed by atoms with Crippen LogP contribution in [0.4, 0.5) is 0 Å². The molecule has 0 aromatic heterocycles. The summed E-state index contributed by atoms with van der Waals surface area (Å²) in [5, 5.41) is 6.22. The molecule has 1 saturated heterocycles. The predicted molar refractivity (Wildman–Crippen MR) is 56.7 cm³/mol. The van der Waals surface area contributed by atoms with Crippen LogP contribution in [-0.4, -0.2) is 31.3 Å². The zero-order valence-corrected chi connectivity index (χ0v) is 8.75. The zero-order valence-electron chi connectivity index (χ0n) is 7.93. The predicted octanol–water partition coefficient (Wildman–Crippen LogP) is 0.731. The third-order valence-electron chi connectivity index (χ3n) is 2.17. The molecule has 0 atom stereocenters. The second kappa shape index (κ2) is 5.29. The lowest BCUT2D eigenvalue weighted by Gasteiger charge is -2.23. The number of hydrogen-bond acceptors (Lipinski definition) is 3. The number of thioether (sulfide) groups is 1.